The molecule has 0 aromatic carbocycles. The number of hydrogen-bond donors (Lipinski definition) is 0. The average molecular weight is 251 g/mol. The van der Waals surface area contributed by atoms with Crippen molar-refractivity contribution in [2.75, 3.05) is 26.3 Å². The highest BCUT2D eigenvalue weighted by Crippen LogP contribution is 2.58. The Hall–Kier alpha value is -0.610. The summed E-state index contributed by atoms with van der Waals surface area (Å²) in [7, 11) is 0. The highest BCUT2D eigenvalue weighted by molar-refractivity contribution is 5.82. The van der Waals surface area contributed by atoms with Crippen molar-refractivity contribution in [1.82, 2.24) is 4.90 Å². The summed E-state index contributed by atoms with van der Waals surface area (Å²) >= 11 is 0. The number of ether oxygens (including phenoxy) is 2. The number of hydrogen-bond acceptors (Lipinski definition) is 3. The number of likely N-dealkylation sites (tertiary alicyclic amines) is 1. The Morgan fingerprint density at radius 1 is 1.11 bits per heavy atom. The Balaban J connectivity index is 1.43. The smallest absolute Gasteiger partial charge is 0.226 e. The van der Waals surface area contributed by atoms with Crippen LogP contribution in [0.15, 0.2) is 0 Å². The third-order valence-corrected chi connectivity index (χ3v) is 5.23. The second-order valence-corrected chi connectivity index (χ2v) is 6.26. The van der Waals surface area contributed by atoms with Gasteiger partial charge in [0, 0.05) is 18.9 Å². The number of rotatable bonds is 1. The highest BCUT2D eigenvalue weighted by Gasteiger charge is 2.58. The third kappa shape index (κ3) is 1.62. The summed E-state index contributed by atoms with van der Waals surface area (Å²) in [5.41, 5.74) is 0. The SMILES string of the molecule is O=C(C1C2CCCC21)N1CCCC2(C1)OCCO2. The maximum Gasteiger partial charge on any atom is 0.226 e. The van der Waals surface area contributed by atoms with Crippen LogP contribution < -0.4 is 0 Å². The maximum atomic E-state index is 12.5. The van der Waals surface area contributed by atoms with Crippen LogP contribution in [-0.4, -0.2) is 42.9 Å². The fraction of sp³-hybridized carbons (Fsp3) is 0.929. The lowest BCUT2D eigenvalue weighted by molar-refractivity contribution is -0.193. The van der Waals surface area contributed by atoms with Crippen LogP contribution in [0, 0.1) is 17.8 Å². The average Bonchev–Trinajstić information content (AvgIpc) is 2.78. The summed E-state index contributed by atoms with van der Waals surface area (Å²) in [6.07, 6.45) is 5.82. The molecule has 2 saturated carbocycles. The number of carbonyl (C=O) groups excluding carboxylic acids is 1. The summed E-state index contributed by atoms with van der Waals surface area (Å²) in [6, 6.07) is 0. The molecule has 4 nitrogen and oxygen atoms in total. The van der Waals surface area contributed by atoms with E-state index in [9.17, 15) is 4.79 Å². The zero-order chi connectivity index (χ0) is 12.2. The zero-order valence-corrected chi connectivity index (χ0v) is 10.8. The molecule has 0 aromatic heterocycles. The van der Waals surface area contributed by atoms with Crippen molar-refractivity contribution in [3.05, 3.63) is 0 Å². The second-order valence-electron chi connectivity index (χ2n) is 6.26. The zero-order valence-electron chi connectivity index (χ0n) is 10.8. The van der Waals surface area contributed by atoms with Gasteiger partial charge in [0.25, 0.3) is 0 Å². The Bertz CT molecular complexity index is 354. The summed E-state index contributed by atoms with van der Waals surface area (Å²) < 4.78 is 11.5. The number of nitrogens with zero attached hydrogens (tertiary/aromatic N) is 1. The molecule has 2 aliphatic heterocycles. The molecule has 2 saturated heterocycles. The van der Waals surface area contributed by atoms with Gasteiger partial charge in [-0.25, -0.2) is 0 Å². The molecule has 2 heterocycles. The minimum Gasteiger partial charge on any atom is -0.346 e. The molecule has 1 amide bonds. The molecule has 0 radical (unpaired) electrons. The molecular weight excluding hydrogens is 230 g/mol. The van der Waals surface area contributed by atoms with Crippen LogP contribution in [0.4, 0.5) is 0 Å². The van der Waals surface area contributed by atoms with Gasteiger partial charge in [-0.2, -0.15) is 0 Å². The van der Waals surface area contributed by atoms with E-state index in [2.05, 4.69) is 0 Å². The van der Waals surface area contributed by atoms with Gasteiger partial charge in [0.15, 0.2) is 5.79 Å². The van der Waals surface area contributed by atoms with Crippen LogP contribution in [-0.2, 0) is 14.3 Å². The molecule has 0 N–H and O–H groups in total. The van der Waals surface area contributed by atoms with E-state index in [-0.39, 0.29) is 0 Å². The molecule has 2 aliphatic carbocycles. The van der Waals surface area contributed by atoms with Gasteiger partial charge in [-0.05, 0) is 31.1 Å². The summed E-state index contributed by atoms with van der Waals surface area (Å²) in [5.74, 6) is 1.68. The molecular formula is C14H21NO3. The van der Waals surface area contributed by atoms with E-state index < -0.39 is 5.79 Å². The summed E-state index contributed by atoms with van der Waals surface area (Å²) in [6.45, 7) is 2.90. The van der Waals surface area contributed by atoms with Gasteiger partial charge >= 0.3 is 0 Å². The molecule has 0 bridgehead atoms. The number of amides is 1. The first kappa shape index (κ1) is 11.2. The quantitative estimate of drug-likeness (QED) is 0.707. The van der Waals surface area contributed by atoms with Crippen molar-refractivity contribution in [2.45, 2.75) is 37.9 Å². The van der Waals surface area contributed by atoms with E-state index in [1.807, 2.05) is 4.90 Å². The molecule has 4 rings (SSSR count). The Morgan fingerprint density at radius 3 is 2.56 bits per heavy atom. The first-order valence-corrected chi connectivity index (χ1v) is 7.36. The Kier molecular flexibility index (Phi) is 2.46. The van der Waals surface area contributed by atoms with Crippen LogP contribution in [0.5, 0.6) is 0 Å². The van der Waals surface area contributed by atoms with E-state index in [0.717, 1.165) is 19.4 Å². The van der Waals surface area contributed by atoms with E-state index in [1.165, 1.54) is 19.3 Å². The van der Waals surface area contributed by atoms with Crippen LogP contribution in [0.3, 0.4) is 0 Å². The fourth-order valence-corrected chi connectivity index (χ4v) is 4.31. The molecule has 100 valence electrons. The molecule has 18 heavy (non-hydrogen) atoms. The van der Waals surface area contributed by atoms with Gasteiger partial charge < -0.3 is 14.4 Å². The Labute approximate surface area is 108 Å². The second kappa shape index (κ2) is 3.94. The maximum absolute atomic E-state index is 12.5. The molecule has 0 aromatic rings. The van der Waals surface area contributed by atoms with Gasteiger partial charge in [-0.15, -0.1) is 0 Å². The molecule has 4 fully saturated rings. The lowest BCUT2D eigenvalue weighted by Crippen LogP contribution is -2.51. The van der Waals surface area contributed by atoms with Crippen molar-refractivity contribution >= 4 is 5.91 Å². The van der Waals surface area contributed by atoms with E-state index >= 15 is 0 Å². The summed E-state index contributed by atoms with van der Waals surface area (Å²) in [4.78, 5) is 14.5. The van der Waals surface area contributed by atoms with Gasteiger partial charge in [-0.1, -0.05) is 6.42 Å². The largest absolute Gasteiger partial charge is 0.346 e. The van der Waals surface area contributed by atoms with Crippen molar-refractivity contribution < 1.29 is 14.3 Å². The van der Waals surface area contributed by atoms with Gasteiger partial charge in [0.1, 0.15) is 0 Å². The van der Waals surface area contributed by atoms with Gasteiger partial charge in [0.2, 0.25) is 5.91 Å². The first-order valence-electron chi connectivity index (χ1n) is 7.36. The van der Waals surface area contributed by atoms with Crippen LogP contribution in [0.1, 0.15) is 32.1 Å². The monoisotopic (exact) mass is 251 g/mol. The molecule has 1 spiro atoms. The molecule has 2 unspecified atom stereocenters. The normalized spacial score (nSPS) is 41.1. The number of carbonyl (C=O) groups is 1. The predicted octanol–water partition coefficient (Wildman–Crippen LogP) is 1.40. The molecule has 4 aliphatic rings. The van der Waals surface area contributed by atoms with Crippen LogP contribution in [0.2, 0.25) is 0 Å². The van der Waals surface area contributed by atoms with Gasteiger partial charge in [-0.3, -0.25) is 4.79 Å². The Morgan fingerprint density at radius 2 is 1.83 bits per heavy atom. The van der Waals surface area contributed by atoms with Crippen LogP contribution in [0.25, 0.3) is 0 Å². The van der Waals surface area contributed by atoms with Gasteiger partial charge in [0.05, 0.1) is 19.8 Å². The van der Waals surface area contributed by atoms with Crippen molar-refractivity contribution in [2.24, 2.45) is 17.8 Å². The standard InChI is InChI=1S/C14H21NO3/c16-13(12-10-3-1-4-11(10)12)15-6-2-5-14(9-15)17-7-8-18-14/h10-12H,1-9H2. The number of fused-ring (bicyclic) bond motifs is 1. The third-order valence-electron chi connectivity index (χ3n) is 5.23. The van der Waals surface area contributed by atoms with Crippen molar-refractivity contribution in [3.8, 4) is 0 Å². The van der Waals surface area contributed by atoms with E-state index in [4.69, 9.17) is 9.47 Å². The van der Waals surface area contributed by atoms with Crippen molar-refractivity contribution in [1.29, 1.82) is 0 Å². The van der Waals surface area contributed by atoms with E-state index in [1.54, 1.807) is 0 Å². The predicted molar refractivity (Wildman–Crippen MR) is 64.8 cm³/mol. The highest BCUT2D eigenvalue weighted by atomic mass is 16.7. The molecule has 2 atom stereocenters. The van der Waals surface area contributed by atoms with Crippen LogP contribution >= 0.6 is 0 Å². The van der Waals surface area contributed by atoms with Crippen molar-refractivity contribution in [3.63, 3.8) is 0 Å². The fourth-order valence-electron chi connectivity index (χ4n) is 4.31. The lowest BCUT2D eigenvalue weighted by atomic mass is 10.0. The topological polar surface area (TPSA) is 38.8 Å². The number of piperidine rings is 1. The lowest BCUT2D eigenvalue weighted by Gasteiger charge is -2.38. The first-order chi connectivity index (χ1) is 8.79. The van der Waals surface area contributed by atoms with E-state index in [0.29, 0.717) is 43.4 Å². The minimum absolute atomic E-state index is 0.343. The minimum atomic E-state index is -0.460. The molecule has 4 heteroatoms. The summed E-state index contributed by atoms with van der Waals surface area (Å²) in [5, 5.41) is 0.